The van der Waals surface area contributed by atoms with Crippen molar-refractivity contribution in [3.63, 3.8) is 0 Å². The van der Waals surface area contributed by atoms with Gasteiger partial charge in [0, 0.05) is 0 Å². The average molecular weight is 196 g/mol. The normalized spacial score (nSPS) is 32.4. The predicted octanol–water partition coefficient (Wildman–Crippen LogP) is 4.89. The van der Waals surface area contributed by atoms with E-state index in [1.54, 1.807) is 0 Å². The Labute approximate surface area is 90.5 Å². The fraction of sp³-hybridized carbons (Fsp3) is 1.00. The molecular formula is C14H28. The highest BCUT2D eigenvalue weighted by Gasteiger charge is 2.40. The molecule has 1 fully saturated rings. The lowest BCUT2D eigenvalue weighted by Crippen LogP contribution is -2.25. The first kappa shape index (κ1) is 12.1. The quantitative estimate of drug-likeness (QED) is 0.567. The molecule has 1 aliphatic carbocycles. The molecule has 0 aromatic heterocycles. The first-order valence-corrected chi connectivity index (χ1v) is 6.53. The third-order valence-electron chi connectivity index (χ3n) is 4.63. The summed E-state index contributed by atoms with van der Waals surface area (Å²) in [6.45, 7) is 12.1. The minimum Gasteiger partial charge on any atom is -0.0654 e. The average Bonchev–Trinajstić information content (AvgIpc) is 2.80. The Bertz CT molecular complexity index is 173. The molecule has 1 rings (SSSR count). The Morgan fingerprint density at radius 1 is 1.36 bits per heavy atom. The molecule has 0 N–H and O–H groups in total. The van der Waals surface area contributed by atoms with Gasteiger partial charge in [0.2, 0.25) is 0 Å². The van der Waals surface area contributed by atoms with Crippen LogP contribution in [0.25, 0.3) is 0 Å². The van der Waals surface area contributed by atoms with E-state index in [0.29, 0.717) is 5.41 Å². The predicted molar refractivity (Wildman–Crippen MR) is 64.4 cm³/mol. The van der Waals surface area contributed by atoms with E-state index < -0.39 is 0 Å². The van der Waals surface area contributed by atoms with E-state index in [-0.39, 0.29) is 0 Å². The second-order valence-corrected chi connectivity index (χ2v) is 5.89. The highest BCUT2D eigenvalue weighted by atomic mass is 14.5. The molecule has 84 valence electrons. The molecule has 4 unspecified atom stereocenters. The maximum Gasteiger partial charge on any atom is -0.0298 e. The second kappa shape index (κ2) is 4.68. The van der Waals surface area contributed by atoms with Crippen molar-refractivity contribution in [1.82, 2.24) is 0 Å². The van der Waals surface area contributed by atoms with Gasteiger partial charge in [-0.25, -0.2) is 0 Å². The van der Waals surface area contributed by atoms with E-state index in [4.69, 9.17) is 0 Å². The Morgan fingerprint density at radius 2 is 1.93 bits per heavy atom. The summed E-state index contributed by atoms with van der Waals surface area (Å²) < 4.78 is 0. The first-order valence-electron chi connectivity index (χ1n) is 6.53. The van der Waals surface area contributed by atoms with Gasteiger partial charge < -0.3 is 0 Å². The minimum absolute atomic E-state index is 0.624. The summed E-state index contributed by atoms with van der Waals surface area (Å²) in [5.74, 6) is 2.98. The van der Waals surface area contributed by atoms with Crippen LogP contribution in [0.5, 0.6) is 0 Å². The van der Waals surface area contributed by atoms with Gasteiger partial charge in [0.05, 0.1) is 0 Å². The summed E-state index contributed by atoms with van der Waals surface area (Å²) in [5, 5.41) is 0. The molecular weight excluding hydrogens is 168 g/mol. The molecule has 0 radical (unpaired) electrons. The van der Waals surface area contributed by atoms with Crippen molar-refractivity contribution in [2.24, 2.45) is 23.2 Å². The van der Waals surface area contributed by atoms with Gasteiger partial charge in [-0.3, -0.25) is 0 Å². The van der Waals surface area contributed by atoms with Crippen molar-refractivity contribution >= 4 is 0 Å². The van der Waals surface area contributed by atoms with Gasteiger partial charge in [-0.1, -0.05) is 47.5 Å². The van der Waals surface area contributed by atoms with Crippen molar-refractivity contribution in [3.05, 3.63) is 0 Å². The lowest BCUT2D eigenvalue weighted by molar-refractivity contribution is 0.148. The molecule has 14 heavy (non-hydrogen) atoms. The summed E-state index contributed by atoms with van der Waals surface area (Å²) in [7, 11) is 0. The molecule has 0 spiro atoms. The molecule has 0 saturated heterocycles. The van der Waals surface area contributed by atoms with E-state index in [1.165, 1.54) is 32.1 Å². The van der Waals surface area contributed by atoms with Crippen molar-refractivity contribution < 1.29 is 0 Å². The van der Waals surface area contributed by atoms with E-state index in [0.717, 1.165) is 17.8 Å². The number of hydrogen-bond donors (Lipinski definition) is 0. The van der Waals surface area contributed by atoms with E-state index in [1.807, 2.05) is 0 Å². The zero-order chi connectivity index (χ0) is 10.8. The molecule has 0 aromatic carbocycles. The Balaban J connectivity index is 2.51. The largest absolute Gasteiger partial charge is 0.0654 e. The maximum atomic E-state index is 2.52. The van der Waals surface area contributed by atoms with Crippen LogP contribution >= 0.6 is 0 Å². The molecule has 0 heterocycles. The molecule has 1 saturated carbocycles. The lowest BCUT2D eigenvalue weighted by Gasteiger charge is -2.36. The fourth-order valence-corrected chi connectivity index (χ4v) is 2.90. The van der Waals surface area contributed by atoms with Crippen LogP contribution in [-0.4, -0.2) is 0 Å². The van der Waals surface area contributed by atoms with Crippen LogP contribution < -0.4 is 0 Å². The standard InChI is InChI=1S/C14H28/c1-6-8-14(5,12(4)7-2)10-13-9-11(13)3/h11-13H,6-10H2,1-5H3. The third-order valence-corrected chi connectivity index (χ3v) is 4.63. The van der Waals surface area contributed by atoms with Gasteiger partial charge >= 0.3 is 0 Å². The summed E-state index contributed by atoms with van der Waals surface area (Å²) in [6, 6.07) is 0. The van der Waals surface area contributed by atoms with Crippen LogP contribution in [0.3, 0.4) is 0 Å². The van der Waals surface area contributed by atoms with Crippen LogP contribution in [0.1, 0.15) is 66.7 Å². The third kappa shape index (κ3) is 2.74. The van der Waals surface area contributed by atoms with Gasteiger partial charge in [-0.05, 0) is 42.4 Å². The Morgan fingerprint density at radius 3 is 2.29 bits per heavy atom. The van der Waals surface area contributed by atoms with Crippen LogP contribution in [0.4, 0.5) is 0 Å². The van der Waals surface area contributed by atoms with Crippen LogP contribution in [0, 0.1) is 23.2 Å². The number of rotatable bonds is 6. The van der Waals surface area contributed by atoms with E-state index in [9.17, 15) is 0 Å². The second-order valence-electron chi connectivity index (χ2n) is 5.89. The molecule has 0 heteroatoms. The van der Waals surface area contributed by atoms with Gasteiger partial charge in [-0.2, -0.15) is 0 Å². The molecule has 0 amide bonds. The minimum atomic E-state index is 0.624. The molecule has 0 bridgehead atoms. The Hall–Kier alpha value is 0. The summed E-state index contributed by atoms with van der Waals surface area (Å²) >= 11 is 0. The zero-order valence-corrected chi connectivity index (χ0v) is 10.8. The van der Waals surface area contributed by atoms with Crippen molar-refractivity contribution in [3.8, 4) is 0 Å². The lowest BCUT2D eigenvalue weighted by atomic mass is 9.70. The topological polar surface area (TPSA) is 0 Å². The molecule has 0 aliphatic heterocycles. The van der Waals surface area contributed by atoms with Crippen molar-refractivity contribution in [1.29, 1.82) is 0 Å². The van der Waals surface area contributed by atoms with Gasteiger partial charge in [0.1, 0.15) is 0 Å². The monoisotopic (exact) mass is 196 g/mol. The van der Waals surface area contributed by atoms with Crippen LogP contribution in [0.2, 0.25) is 0 Å². The molecule has 0 aromatic rings. The van der Waals surface area contributed by atoms with Gasteiger partial charge in [0.25, 0.3) is 0 Å². The SMILES string of the molecule is CCCC(C)(CC1CC1C)C(C)CC. The summed E-state index contributed by atoms with van der Waals surface area (Å²) in [4.78, 5) is 0. The highest BCUT2D eigenvalue weighted by Crippen LogP contribution is 2.50. The zero-order valence-electron chi connectivity index (χ0n) is 10.8. The van der Waals surface area contributed by atoms with Crippen molar-refractivity contribution in [2.45, 2.75) is 66.7 Å². The maximum absolute atomic E-state index is 2.52. The van der Waals surface area contributed by atoms with Gasteiger partial charge in [0.15, 0.2) is 0 Å². The summed E-state index contributed by atoms with van der Waals surface area (Å²) in [5.41, 5.74) is 0.624. The van der Waals surface area contributed by atoms with Crippen molar-refractivity contribution in [2.75, 3.05) is 0 Å². The highest BCUT2D eigenvalue weighted by molar-refractivity contribution is 4.90. The summed E-state index contributed by atoms with van der Waals surface area (Å²) in [6.07, 6.45) is 7.09. The van der Waals surface area contributed by atoms with Crippen LogP contribution in [0.15, 0.2) is 0 Å². The van der Waals surface area contributed by atoms with E-state index >= 15 is 0 Å². The van der Waals surface area contributed by atoms with Crippen LogP contribution in [-0.2, 0) is 0 Å². The number of hydrogen-bond acceptors (Lipinski definition) is 0. The smallest absolute Gasteiger partial charge is 0.0298 e. The molecule has 4 atom stereocenters. The van der Waals surface area contributed by atoms with E-state index in [2.05, 4.69) is 34.6 Å². The fourth-order valence-electron chi connectivity index (χ4n) is 2.90. The molecule has 1 aliphatic rings. The van der Waals surface area contributed by atoms with Gasteiger partial charge in [-0.15, -0.1) is 0 Å². The first-order chi connectivity index (χ1) is 6.53. The Kier molecular flexibility index (Phi) is 4.04. The molecule has 0 nitrogen and oxygen atoms in total.